The number of hydrogen-bond acceptors (Lipinski definition) is 4. The largest absolute Gasteiger partial charge is 0.488 e. The van der Waals surface area contributed by atoms with Crippen LogP contribution in [0.15, 0.2) is 47.1 Å². The third-order valence-electron chi connectivity index (χ3n) is 3.90. The highest BCUT2D eigenvalue weighted by Gasteiger charge is 2.20. The Morgan fingerprint density at radius 3 is 2.81 bits per heavy atom. The first-order chi connectivity index (χ1) is 10.4. The van der Waals surface area contributed by atoms with Crippen molar-refractivity contribution in [2.75, 3.05) is 0 Å². The molecule has 1 aliphatic rings. The Balaban J connectivity index is 1.73. The lowest BCUT2D eigenvalue weighted by Crippen LogP contribution is -2.11. The highest BCUT2D eigenvalue weighted by Crippen LogP contribution is 2.33. The zero-order chi connectivity index (χ0) is 14.1. The first-order valence-corrected chi connectivity index (χ1v) is 7.37. The van der Waals surface area contributed by atoms with Crippen LogP contribution in [0.25, 0.3) is 22.6 Å². The van der Waals surface area contributed by atoms with Gasteiger partial charge in [-0.15, -0.1) is 0 Å². The highest BCUT2D eigenvalue weighted by molar-refractivity contribution is 5.77. The van der Waals surface area contributed by atoms with Gasteiger partial charge in [-0.2, -0.15) is 0 Å². The minimum atomic E-state index is 0.289. The summed E-state index contributed by atoms with van der Waals surface area (Å²) in [6.07, 6.45) is 8.49. The summed E-state index contributed by atoms with van der Waals surface area (Å²) < 4.78 is 11.9. The fourth-order valence-corrected chi connectivity index (χ4v) is 2.82. The molecule has 1 saturated carbocycles. The Labute approximate surface area is 122 Å². The summed E-state index contributed by atoms with van der Waals surface area (Å²) in [7, 11) is 0. The van der Waals surface area contributed by atoms with Gasteiger partial charge >= 0.3 is 0 Å². The molecule has 106 valence electrons. The molecule has 4 nitrogen and oxygen atoms in total. The lowest BCUT2D eigenvalue weighted by atomic mass is 10.2. The summed E-state index contributed by atoms with van der Waals surface area (Å²) in [5.74, 6) is 1.35. The van der Waals surface area contributed by atoms with Crippen LogP contribution in [0.2, 0.25) is 0 Å². The van der Waals surface area contributed by atoms with Crippen molar-refractivity contribution in [2.24, 2.45) is 0 Å². The van der Waals surface area contributed by atoms with Gasteiger partial charge in [-0.3, -0.25) is 4.98 Å². The van der Waals surface area contributed by atoms with Crippen LogP contribution in [0.4, 0.5) is 0 Å². The average molecular weight is 280 g/mol. The molecule has 0 unspecified atom stereocenters. The molecule has 4 rings (SSSR count). The van der Waals surface area contributed by atoms with Crippen molar-refractivity contribution >= 4 is 11.1 Å². The second kappa shape index (κ2) is 5.20. The Hall–Kier alpha value is -2.36. The summed E-state index contributed by atoms with van der Waals surface area (Å²) in [6, 6.07) is 9.66. The predicted molar refractivity (Wildman–Crippen MR) is 80.1 cm³/mol. The molecule has 0 radical (unpaired) electrons. The van der Waals surface area contributed by atoms with Gasteiger partial charge in [-0.05, 0) is 43.9 Å². The predicted octanol–water partition coefficient (Wildman–Crippen LogP) is 4.21. The van der Waals surface area contributed by atoms with E-state index in [1.54, 1.807) is 12.4 Å². The molecule has 0 bridgehead atoms. The van der Waals surface area contributed by atoms with E-state index in [0.717, 1.165) is 35.3 Å². The van der Waals surface area contributed by atoms with Crippen LogP contribution in [-0.2, 0) is 0 Å². The number of hydrogen-bond donors (Lipinski definition) is 0. The maximum atomic E-state index is 6.09. The van der Waals surface area contributed by atoms with E-state index in [9.17, 15) is 0 Å². The number of ether oxygens (including phenoxy) is 1. The number of para-hydroxylation sites is 2. The maximum absolute atomic E-state index is 6.09. The summed E-state index contributed by atoms with van der Waals surface area (Å²) >= 11 is 0. The second-order valence-electron chi connectivity index (χ2n) is 5.38. The van der Waals surface area contributed by atoms with E-state index in [-0.39, 0.29) is 6.10 Å². The molecule has 2 aromatic heterocycles. The van der Waals surface area contributed by atoms with E-state index in [1.165, 1.54) is 12.8 Å². The highest BCUT2D eigenvalue weighted by atomic mass is 16.5. The number of nitrogens with zero attached hydrogens (tertiary/aromatic N) is 2. The quantitative estimate of drug-likeness (QED) is 0.721. The minimum Gasteiger partial charge on any atom is -0.488 e. The lowest BCUT2D eigenvalue weighted by molar-refractivity contribution is 0.210. The van der Waals surface area contributed by atoms with E-state index in [1.807, 2.05) is 30.3 Å². The summed E-state index contributed by atoms with van der Waals surface area (Å²) in [5.41, 5.74) is 2.51. The molecule has 0 N–H and O–H groups in total. The van der Waals surface area contributed by atoms with Crippen molar-refractivity contribution in [3.8, 4) is 17.2 Å². The van der Waals surface area contributed by atoms with Crippen LogP contribution in [0.1, 0.15) is 25.7 Å². The van der Waals surface area contributed by atoms with Gasteiger partial charge < -0.3 is 9.15 Å². The maximum Gasteiger partial charge on any atom is 0.231 e. The summed E-state index contributed by atoms with van der Waals surface area (Å²) in [5, 5.41) is 0. The lowest BCUT2D eigenvalue weighted by Gasteiger charge is -2.14. The van der Waals surface area contributed by atoms with Crippen LogP contribution in [0.5, 0.6) is 5.75 Å². The van der Waals surface area contributed by atoms with Gasteiger partial charge in [0.1, 0.15) is 5.52 Å². The standard InChI is InChI=1S/C17H16N2O2/c1-2-6-12(5-1)20-16-11-18-10-9-13(16)17-19-14-7-3-4-8-15(14)21-17/h3-4,7-12H,1-2,5-6H2. The number of oxazole rings is 1. The van der Waals surface area contributed by atoms with E-state index in [0.29, 0.717) is 5.89 Å². The molecular formula is C17H16N2O2. The molecule has 21 heavy (non-hydrogen) atoms. The monoisotopic (exact) mass is 280 g/mol. The smallest absolute Gasteiger partial charge is 0.231 e. The molecule has 0 atom stereocenters. The van der Waals surface area contributed by atoms with Crippen molar-refractivity contribution in [3.63, 3.8) is 0 Å². The second-order valence-corrected chi connectivity index (χ2v) is 5.38. The third-order valence-corrected chi connectivity index (χ3v) is 3.90. The average Bonchev–Trinajstić information content (AvgIpc) is 3.16. The van der Waals surface area contributed by atoms with Crippen LogP contribution in [-0.4, -0.2) is 16.1 Å². The Morgan fingerprint density at radius 2 is 1.95 bits per heavy atom. The number of pyridine rings is 1. The molecule has 0 saturated heterocycles. The third kappa shape index (κ3) is 2.37. The number of fused-ring (bicyclic) bond motifs is 1. The zero-order valence-corrected chi connectivity index (χ0v) is 11.7. The molecule has 0 aliphatic heterocycles. The summed E-state index contributed by atoms with van der Waals surface area (Å²) in [6.45, 7) is 0. The van der Waals surface area contributed by atoms with Gasteiger partial charge in [0.05, 0.1) is 17.9 Å². The van der Waals surface area contributed by atoms with E-state index in [4.69, 9.17) is 9.15 Å². The van der Waals surface area contributed by atoms with Crippen LogP contribution < -0.4 is 4.74 Å². The summed E-state index contributed by atoms with van der Waals surface area (Å²) in [4.78, 5) is 8.72. The Morgan fingerprint density at radius 1 is 1.10 bits per heavy atom. The van der Waals surface area contributed by atoms with Crippen molar-refractivity contribution in [1.29, 1.82) is 0 Å². The fourth-order valence-electron chi connectivity index (χ4n) is 2.82. The van der Waals surface area contributed by atoms with Gasteiger partial charge in [0.15, 0.2) is 11.3 Å². The van der Waals surface area contributed by atoms with Crippen molar-refractivity contribution < 1.29 is 9.15 Å². The number of rotatable bonds is 3. The molecule has 2 heterocycles. The van der Waals surface area contributed by atoms with E-state index >= 15 is 0 Å². The topological polar surface area (TPSA) is 48.2 Å². The van der Waals surface area contributed by atoms with Crippen LogP contribution >= 0.6 is 0 Å². The van der Waals surface area contributed by atoms with Crippen LogP contribution in [0, 0.1) is 0 Å². The van der Waals surface area contributed by atoms with Crippen molar-refractivity contribution in [2.45, 2.75) is 31.8 Å². The van der Waals surface area contributed by atoms with Crippen LogP contribution in [0.3, 0.4) is 0 Å². The molecule has 0 amide bonds. The first-order valence-electron chi connectivity index (χ1n) is 7.37. The van der Waals surface area contributed by atoms with Gasteiger partial charge in [0.25, 0.3) is 0 Å². The molecule has 4 heteroatoms. The Kier molecular flexibility index (Phi) is 3.07. The SMILES string of the molecule is c1ccc2oc(-c3ccncc3OC3CCCC3)nc2c1. The van der Waals surface area contributed by atoms with Gasteiger partial charge in [0.2, 0.25) is 5.89 Å². The molecule has 1 aromatic carbocycles. The van der Waals surface area contributed by atoms with Crippen molar-refractivity contribution in [3.05, 3.63) is 42.7 Å². The fraction of sp³-hybridized carbons (Fsp3) is 0.294. The minimum absolute atomic E-state index is 0.289. The number of aromatic nitrogens is 2. The van der Waals surface area contributed by atoms with E-state index in [2.05, 4.69) is 9.97 Å². The van der Waals surface area contributed by atoms with Gasteiger partial charge in [0, 0.05) is 6.20 Å². The van der Waals surface area contributed by atoms with Gasteiger partial charge in [-0.1, -0.05) is 12.1 Å². The van der Waals surface area contributed by atoms with E-state index < -0.39 is 0 Å². The Bertz CT molecular complexity index is 727. The molecule has 1 aliphatic carbocycles. The number of benzene rings is 1. The zero-order valence-electron chi connectivity index (χ0n) is 11.7. The molecule has 3 aromatic rings. The van der Waals surface area contributed by atoms with Crippen molar-refractivity contribution in [1.82, 2.24) is 9.97 Å². The molecule has 0 spiro atoms. The van der Waals surface area contributed by atoms with Gasteiger partial charge in [-0.25, -0.2) is 4.98 Å². The normalized spacial score (nSPS) is 15.6. The molecule has 1 fully saturated rings. The molecular weight excluding hydrogens is 264 g/mol. The first kappa shape index (κ1) is 12.4.